The fourth-order valence-electron chi connectivity index (χ4n) is 5.23. The second kappa shape index (κ2) is 12.4. The third kappa shape index (κ3) is 5.76. The first-order chi connectivity index (χ1) is 20.8. The number of aliphatic hydroxyl groups is 5. The summed E-state index contributed by atoms with van der Waals surface area (Å²) in [7, 11) is 1.30. The highest BCUT2D eigenvalue weighted by atomic mass is 16.7. The van der Waals surface area contributed by atoms with Crippen molar-refractivity contribution >= 4 is 11.0 Å². The lowest BCUT2D eigenvalue weighted by molar-refractivity contribution is -0.312. The van der Waals surface area contributed by atoms with Crippen LogP contribution in [0, 0.1) is 5.92 Å². The molecule has 240 valence electrons. The molecule has 0 bridgehead atoms. The molecule has 0 saturated carbocycles. The summed E-state index contributed by atoms with van der Waals surface area (Å²) < 4.78 is 33.7. The van der Waals surface area contributed by atoms with Crippen LogP contribution in [-0.2, 0) is 14.2 Å². The van der Waals surface area contributed by atoms with Crippen molar-refractivity contribution in [2.75, 3.05) is 13.7 Å². The summed E-state index contributed by atoms with van der Waals surface area (Å²) in [6.07, 6.45) is -12.7. The van der Waals surface area contributed by atoms with Gasteiger partial charge in [0.2, 0.25) is 17.5 Å². The van der Waals surface area contributed by atoms with Gasteiger partial charge in [-0.2, -0.15) is 0 Å². The van der Waals surface area contributed by atoms with Crippen LogP contribution in [0.4, 0.5) is 0 Å². The molecule has 0 spiro atoms. The number of benzene rings is 2. The van der Waals surface area contributed by atoms with E-state index in [1.165, 1.54) is 25.3 Å². The largest absolute Gasteiger partial charge is 0.508 e. The third-order valence-electron chi connectivity index (χ3n) is 7.87. The van der Waals surface area contributed by atoms with Gasteiger partial charge in [-0.05, 0) is 25.1 Å². The average molecular weight is 623 g/mol. The maximum Gasteiger partial charge on any atom is 0.239 e. The van der Waals surface area contributed by atoms with Gasteiger partial charge in [0, 0.05) is 23.6 Å². The van der Waals surface area contributed by atoms with Crippen LogP contribution in [0.15, 0.2) is 39.5 Å². The first-order valence-electron chi connectivity index (χ1n) is 13.7. The van der Waals surface area contributed by atoms with Crippen molar-refractivity contribution in [3.8, 4) is 40.1 Å². The van der Waals surface area contributed by atoms with Crippen LogP contribution in [0.2, 0.25) is 0 Å². The molecule has 5 rings (SSSR count). The summed E-state index contributed by atoms with van der Waals surface area (Å²) in [5, 5.41) is 82.7. The van der Waals surface area contributed by atoms with Gasteiger partial charge in [-0.1, -0.05) is 6.92 Å². The van der Waals surface area contributed by atoms with Crippen molar-refractivity contribution in [3.63, 3.8) is 0 Å². The Morgan fingerprint density at radius 3 is 2.25 bits per heavy atom. The molecule has 3 aromatic rings. The number of fused-ring (bicyclic) bond motifs is 1. The van der Waals surface area contributed by atoms with Crippen LogP contribution in [0.1, 0.15) is 13.8 Å². The lowest BCUT2D eigenvalue weighted by Crippen LogP contribution is -2.61. The van der Waals surface area contributed by atoms with E-state index in [0.717, 1.165) is 12.1 Å². The maximum absolute atomic E-state index is 13.7. The maximum atomic E-state index is 13.7. The minimum atomic E-state index is -1.90. The summed E-state index contributed by atoms with van der Waals surface area (Å²) in [5.41, 5.74) is -1.04. The first kappa shape index (κ1) is 31.7. The van der Waals surface area contributed by atoms with Gasteiger partial charge in [0.05, 0.1) is 25.9 Å². The van der Waals surface area contributed by atoms with Crippen molar-refractivity contribution in [2.24, 2.45) is 5.92 Å². The molecule has 10 atom stereocenters. The molecule has 1 aromatic heterocycles. The second-order valence-corrected chi connectivity index (χ2v) is 10.8. The van der Waals surface area contributed by atoms with E-state index < -0.39 is 90.5 Å². The van der Waals surface area contributed by atoms with Gasteiger partial charge < -0.3 is 69.0 Å². The Kier molecular flexibility index (Phi) is 8.93. The van der Waals surface area contributed by atoms with Gasteiger partial charge in [-0.25, -0.2) is 0 Å². The molecule has 0 aliphatic carbocycles. The van der Waals surface area contributed by atoms with E-state index in [1.54, 1.807) is 13.8 Å². The Labute approximate surface area is 249 Å². The van der Waals surface area contributed by atoms with Crippen LogP contribution in [0.3, 0.4) is 0 Å². The number of hydrogen-bond donors (Lipinski definition) is 8. The average Bonchev–Trinajstić information content (AvgIpc) is 2.98. The number of ether oxygens (including phenoxy) is 5. The fourth-order valence-corrected chi connectivity index (χ4v) is 5.23. The molecular formula is C29H34O15. The third-order valence-corrected chi connectivity index (χ3v) is 7.87. The van der Waals surface area contributed by atoms with Crippen LogP contribution in [-0.4, -0.2) is 110 Å². The van der Waals surface area contributed by atoms with E-state index in [9.17, 15) is 45.6 Å². The number of hydrogen-bond acceptors (Lipinski definition) is 15. The van der Waals surface area contributed by atoms with Gasteiger partial charge in [0.25, 0.3) is 0 Å². The van der Waals surface area contributed by atoms with Crippen molar-refractivity contribution in [2.45, 2.75) is 69.2 Å². The zero-order valence-corrected chi connectivity index (χ0v) is 23.8. The number of rotatable bonds is 7. The highest BCUT2D eigenvalue weighted by molar-refractivity contribution is 5.88. The SMILES string of the molecule is COc1cc(-c2oc3cc(O)cc(O)c3c(=O)c2OC2OC(COC3OC(C)C(O)C(C)C3O)C(O)C(O)C2O)ccc1O. The summed E-state index contributed by atoms with van der Waals surface area (Å²) >= 11 is 0. The number of phenols is 3. The molecule has 2 aliphatic heterocycles. The Balaban J connectivity index is 1.49. The van der Waals surface area contributed by atoms with E-state index >= 15 is 0 Å². The minimum Gasteiger partial charge on any atom is -0.508 e. The normalized spacial score (nSPS) is 32.5. The quantitative estimate of drug-likeness (QED) is 0.172. The Morgan fingerprint density at radius 2 is 1.55 bits per heavy atom. The molecule has 3 heterocycles. The number of phenolic OH excluding ortho intramolecular Hbond substituents is 3. The molecule has 44 heavy (non-hydrogen) atoms. The van der Waals surface area contributed by atoms with Gasteiger partial charge in [0.1, 0.15) is 53.0 Å². The molecule has 2 fully saturated rings. The van der Waals surface area contributed by atoms with Crippen LogP contribution >= 0.6 is 0 Å². The monoisotopic (exact) mass is 622 g/mol. The summed E-state index contributed by atoms with van der Waals surface area (Å²) in [5.74, 6) is -2.75. The van der Waals surface area contributed by atoms with Crippen molar-refractivity contribution in [3.05, 3.63) is 40.6 Å². The van der Waals surface area contributed by atoms with E-state index in [1.807, 2.05) is 0 Å². The molecule has 10 unspecified atom stereocenters. The van der Waals surface area contributed by atoms with Crippen molar-refractivity contribution in [1.29, 1.82) is 0 Å². The van der Waals surface area contributed by atoms with E-state index in [2.05, 4.69) is 0 Å². The molecule has 0 radical (unpaired) electrons. The van der Waals surface area contributed by atoms with Crippen molar-refractivity contribution in [1.82, 2.24) is 0 Å². The Morgan fingerprint density at radius 1 is 0.818 bits per heavy atom. The lowest BCUT2D eigenvalue weighted by atomic mass is 9.91. The van der Waals surface area contributed by atoms with E-state index in [0.29, 0.717) is 0 Å². The Hall–Kier alpha value is -3.67. The first-order valence-corrected chi connectivity index (χ1v) is 13.7. The molecule has 15 heteroatoms. The minimum absolute atomic E-state index is 0.00272. The van der Waals surface area contributed by atoms with Crippen LogP contribution in [0.5, 0.6) is 28.7 Å². The second-order valence-electron chi connectivity index (χ2n) is 10.8. The van der Waals surface area contributed by atoms with E-state index in [4.69, 9.17) is 28.1 Å². The summed E-state index contributed by atoms with van der Waals surface area (Å²) in [4.78, 5) is 13.7. The topological polar surface area (TPSA) is 238 Å². The smallest absolute Gasteiger partial charge is 0.239 e. The standard InChI is InChI=1S/C29H34O15/c1-10-20(33)11(2)41-28(21(10)34)40-9-18-22(35)24(37)25(38)29(43-18)44-27-23(36)19-15(32)7-13(30)8-17(19)42-26(27)12-4-5-14(31)16(6-12)39-3/h4-8,10-11,18,20-22,24-25,28-35,37-38H,9H2,1-3H3. The van der Waals surface area contributed by atoms with E-state index in [-0.39, 0.29) is 33.8 Å². The molecule has 8 N–H and O–H groups in total. The zero-order valence-electron chi connectivity index (χ0n) is 23.8. The molecule has 0 amide bonds. The summed E-state index contributed by atoms with van der Waals surface area (Å²) in [6, 6.07) is 5.93. The molecule has 15 nitrogen and oxygen atoms in total. The summed E-state index contributed by atoms with van der Waals surface area (Å²) in [6.45, 7) is 2.72. The van der Waals surface area contributed by atoms with Crippen molar-refractivity contribution < 1.29 is 69.0 Å². The number of methoxy groups -OCH3 is 1. The molecule has 2 aliphatic rings. The van der Waals surface area contributed by atoms with Crippen LogP contribution < -0.4 is 14.9 Å². The molecule has 2 saturated heterocycles. The number of aromatic hydroxyl groups is 3. The van der Waals surface area contributed by atoms with Gasteiger partial charge in [-0.3, -0.25) is 4.79 Å². The van der Waals surface area contributed by atoms with Crippen LogP contribution in [0.25, 0.3) is 22.3 Å². The fraction of sp³-hybridized carbons (Fsp3) is 0.483. The number of aliphatic hydroxyl groups excluding tert-OH is 5. The van der Waals surface area contributed by atoms with Gasteiger partial charge >= 0.3 is 0 Å². The zero-order chi connectivity index (χ0) is 32.0. The molecule has 2 aromatic carbocycles. The predicted molar refractivity (Wildman–Crippen MR) is 148 cm³/mol. The molecular weight excluding hydrogens is 588 g/mol. The highest BCUT2D eigenvalue weighted by Crippen LogP contribution is 2.40. The Bertz CT molecular complexity index is 1560. The predicted octanol–water partition coefficient (Wildman–Crippen LogP) is -0.109. The lowest BCUT2D eigenvalue weighted by Gasteiger charge is -2.42. The highest BCUT2D eigenvalue weighted by Gasteiger charge is 2.47. The van der Waals surface area contributed by atoms with Gasteiger partial charge in [0.15, 0.2) is 23.5 Å². The van der Waals surface area contributed by atoms with Gasteiger partial charge in [-0.15, -0.1) is 0 Å².